The molecule has 108 valence electrons. The number of hydrogen-bond donors (Lipinski definition) is 1. The highest BCUT2D eigenvalue weighted by atomic mass is 35.5. The van der Waals surface area contributed by atoms with Crippen LogP contribution in [0.5, 0.6) is 0 Å². The van der Waals surface area contributed by atoms with E-state index in [1.165, 1.54) is 25.7 Å². The van der Waals surface area contributed by atoms with Crippen LogP contribution in [0, 0.1) is 12.3 Å². The molecule has 20 heavy (non-hydrogen) atoms. The number of rotatable bonds is 1. The number of benzene rings is 1. The molecule has 0 aromatic heterocycles. The number of halogens is 2. The largest absolute Gasteiger partial charge is 0.334 e. The van der Waals surface area contributed by atoms with Crippen LogP contribution in [-0.4, -0.2) is 17.5 Å². The summed E-state index contributed by atoms with van der Waals surface area (Å²) in [5.74, 6) is 1.16. The molecule has 1 aliphatic heterocycles. The summed E-state index contributed by atoms with van der Waals surface area (Å²) in [4.78, 5) is 4.72. The summed E-state index contributed by atoms with van der Waals surface area (Å²) in [6.45, 7) is 2.90. The van der Waals surface area contributed by atoms with E-state index in [0.29, 0.717) is 10.4 Å². The van der Waals surface area contributed by atoms with Gasteiger partial charge in [0.25, 0.3) is 0 Å². The Morgan fingerprint density at radius 2 is 1.95 bits per heavy atom. The zero-order valence-corrected chi connectivity index (χ0v) is 13.8. The maximum absolute atomic E-state index is 6.26. The van der Waals surface area contributed by atoms with Crippen molar-refractivity contribution >= 4 is 45.8 Å². The van der Waals surface area contributed by atoms with Crippen LogP contribution in [0.25, 0.3) is 0 Å². The first-order chi connectivity index (χ1) is 9.58. The number of hydrogen-bond acceptors (Lipinski definition) is 3. The fourth-order valence-corrected chi connectivity index (χ4v) is 4.50. The average Bonchev–Trinajstić information content (AvgIpc) is 2.87. The van der Waals surface area contributed by atoms with E-state index >= 15 is 0 Å². The number of aliphatic imine (C=N–C) groups is 1. The van der Waals surface area contributed by atoms with Gasteiger partial charge in [-0.05, 0) is 42.9 Å². The number of aryl methyl sites for hydroxylation is 1. The molecule has 5 heteroatoms. The van der Waals surface area contributed by atoms with E-state index in [1.54, 1.807) is 0 Å². The Hall–Kier alpha value is -0.380. The van der Waals surface area contributed by atoms with Gasteiger partial charge in [0, 0.05) is 17.3 Å². The Balaban J connectivity index is 1.73. The first-order valence-corrected chi connectivity index (χ1v) is 8.72. The molecule has 1 fully saturated rings. The van der Waals surface area contributed by atoms with E-state index in [1.807, 2.05) is 30.8 Å². The molecular weight excluding hydrogens is 311 g/mol. The molecule has 0 radical (unpaired) electrons. The third kappa shape index (κ3) is 2.95. The van der Waals surface area contributed by atoms with Crippen molar-refractivity contribution in [2.45, 2.75) is 32.6 Å². The van der Waals surface area contributed by atoms with E-state index in [-0.39, 0.29) is 0 Å². The van der Waals surface area contributed by atoms with E-state index in [2.05, 4.69) is 5.32 Å². The Morgan fingerprint density at radius 1 is 1.20 bits per heavy atom. The number of amidine groups is 1. The Bertz CT molecular complexity index is 551. The second kappa shape index (κ2) is 5.78. The first-order valence-electron chi connectivity index (χ1n) is 6.98. The average molecular weight is 329 g/mol. The highest BCUT2D eigenvalue weighted by molar-refractivity contribution is 8.14. The third-order valence-corrected chi connectivity index (χ3v) is 6.21. The summed E-state index contributed by atoms with van der Waals surface area (Å²) >= 11 is 14.2. The fourth-order valence-electron chi connectivity index (χ4n) is 2.91. The molecule has 1 saturated carbocycles. The minimum atomic E-state index is 0.463. The first kappa shape index (κ1) is 14.6. The van der Waals surface area contributed by atoms with Gasteiger partial charge in [0.1, 0.15) is 0 Å². The summed E-state index contributed by atoms with van der Waals surface area (Å²) < 4.78 is 0. The van der Waals surface area contributed by atoms with Crippen LogP contribution >= 0.6 is 35.0 Å². The van der Waals surface area contributed by atoms with Gasteiger partial charge in [-0.1, -0.05) is 47.8 Å². The molecule has 0 saturated heterocycles. The summed E-state index contributed by atoms with van der Waals surface area (Å²) in [7, 11) is 0. The van der Waals surface area contributed by atoms with Gasteiger partial charge in [-0.2, -0.15) is 0 Å². The molecule has 1 heterocycles. The quantitative estimate of drug-likeness (QED) is 0.748. The minimum absolute atomic E-state index is 0.463. The number of nitrogens with zero attached hydrogens (tertiary/aromatic N) is 1. The fraction of sp³-hybridized carbons (Fsp3) is 0.533. The van der Waals surface area contributed by atoms with Crippen molar-refractivity contribution < 1.29 is 0 Å². The van der Waals surface area contributed by atoms with Gasteiger partial charge in [-0.25, -0.2) is 0 Å². The zero-order chi connectivity index (χ0) is 14.2. The summed E-state index contributed by atoms with van der Waals surface area (Å²) in [5, 5.41) is 5.70. The molecule has 0 amide bonds. The molecule has 3 rings (SSSR count). The van der Waals surface area contributed by atoms with Crippen LogP contribution in [0.2, 0.25) is 10.0 Å². The van der Waals surface area contributed by atoms with Gasteiger partial charge < -0.3 is 5.32 Å². The van der Waals surface area contributed by atoms with E-state index in [9.17, 15) is 0 Å². The van der Waals surface area contributed by atoms with Gasteiger partial charge in [-0.15, -0.1) is 0 Å². The normalized spacial score (nSPS) is 21.1. The van der Waals surface area contributed by atoms with E-state index in [4.69, 9.17) is 28.2 Å². The lowest BCUT2D eigenvalue weighted by Crippen LogP contribution is -2.30. The molecule has 0 unspecified atom stereocenters. The second-order valence-electron chi connectivity index (χ2n) is 5.82. The van der Waals surface area contributed by atoms with Crippen molar-refractivity contribution in [1.29, 1.82) is 0 Å². The maximum atomic E-state index is 6.26. The molecule has 2 nitrogen and oxygen atoms in total. The number of anilines is 1. The Labute approximate surface area is 134 Å². The molecule has 1 spiro atoms. The Kier molecular flexibility index (Phi) is 4.21. The van der Waals surface area contributed by atoms with Crippen LogP contribution in [0.4, 0.5) is 5.69 Å². The van der Waals surface area contributed by atoms with Crippen molar-refractivity contribution in [2.24, 2.45) is 10.4 Å². The smallest absolute Gasteiger partial charge is 0.161 e. The highest BCUT2D eigenvalue weighted by Gasteiger charge is 2.36. The maximum Gasteiger partial charge on any atom is 0.161 e. The highest BCUT2D eigenvalue weighted by Crippen LogP contribution is 2.43. The van der Waals surface area contributed by atoms with Crippen LogP contribution < -0.4 is 5.32 Å². The van der Waals surface area contributed by atoms with Crippen molar-refractivity contribution in [3.63, 3.8) is 0 Å². The zero-order valence-electron chi connectivity index (χ0n) is 11.5. The summed E-state index contributed by atoms with van der Waals surface area (Å²) in [6, 6.07) is 3.76. The minimum Gasteiger partial charge on any atom is -0.334 e. The molecular formula is C15H18Cl2N2S. The lowest BCUT2D eigenvalue weighted by atomic mass is 9.89. The van der Waals surface area contributed by atoms with Gasteiger partial charge in [0.05, 0.1) is 10.7 Å². The lowest BCUT2D eigenvalue weighted by molar-refractivity contribution is 0.359. The Morgan fingerprint density at radius 3 is 2.60 bits per heavy atom. The second-order valence-corrected chi connectivity index (χ2v) is 7.60. The lowest BCUT2D eigenvalue weighted by Gasteiger charge is -2.31. The van der Waals surface area contributed by atoms with Crippen molar-refractivity contribution in [3.8, 4) is 0 Å². The number of thioether (sulfide) groups is 1. The van der Waals surface area contributed by atoms with Crippen molar-refractivity contribution in [1.82, 2.24) is 0 Å². The predicted molar refractivity (Wildman–Crippen MR) is 90.5 cm³/mol. The monoisotopic (exact) mass is 328 g/mol. The predicted octanol–water partition coefficient (Wildman–Crippen LogP) is 5.38. The van der Waals surface area contributed by atoms with Gasteiger partial charge >= 0.3 is 0 Å². The molecule has 0 bridgehead atoms. The molecule has 0 atom stereocenters. The van der Waals surface area contributed by atoms with Crippen LogP contribution in [0.15, 0.2) is 17.1 Å². The number of nitrogens with one attached hydrogen (secondary N) is 1. The summed E-state index contributed by atoms with van der Waals surface area (Å²) in [6.07, 6.45) is 5.37. The molecule has 2 aliphatic rings. The van der Waals surface area contributed by atoms with E-state index < -0.39 is 0 Å². The van der Waals surface area contributed by atoms with Gasteiger partial charge in [0.15, 0.2) is 5.17 Å². The third-order valence-electron chi connectivity index (χ3n) is 4.23. The SMILES string of the molecule is Cc1cc(Cl)c(NC2=NCC3(CCCC3)CS2)cc1Cl. The van der Waals surface area contributed by atoms with Crippen molar-refractivity contribution in [3.05, 3.63) is 27.7 Å². The van der Waals surface area contributed by atoms with E-state index in [0.717, 1.165) is 33.7 Å². The van der Waals surface area contributed by atoms with Crippen molar-refractivity contribution in [2.75, 3.05) is 17.6 Å². The van der Waals surface area contributed by atoms with Gasteiger partial charge in [-0.3, -0.25) is 4.99 Å². The van der Waals surface area contributed by atoms with Crippen LogP contribution in [0.1, 0.15) is 31.2 Å². The molecule has 1 aromatic carbocycles. The molecule has 1 aromatic rings. The summed E-state index contributed by atoms with van der Waals surface area (Å²) in [5.41, 5.74) is 2.30. The van der Waals surface area contributed by atoms with Crippen LogP contribution in [-0.2, 0) is 0 Å². The van der Waals surface area contributed by atoms with Crippen LogP contribution in [0.3, 0.4) is 0 Å². The molecule has 1 N–H and O–H groups in total. The molecule has 1 aliphatic carbocycles. The van der Waals surface area contributed by atoms with Gasteiger partial charge in [0.2, 0.25) is 0 Å². The topological polar surface area (TPSA) is 24.4 Å². The standard InChI is InChI=1S/C15H18Cl2N2S/c1-10-6-12(17)13(7-11(10)16)19-14-18-8-15(9-20-14)4-2-3-5-15/h6-7H,2-5,8-9H2,1H3,(H,18,19).